The van der Waals surface area contributed by atoms with Crippen LogP contribution >= 0.6 is 0 Å². The minimum atomic E-state index is -0.441. The molecule has 0 unspecified atom stereocenters. The highest BCUT2D eigenvalue weighted by atomic mass is 16.5. The standard InChI is InChI=1S/C23H27NO3/c1-5-17-7-9-19(10-8-17)24-14-18(13-22(24)25)23(26)27-21-12-16(4)6-11-20(21)15(2)3/h6-12,15,18H,5,13-14H2,1-4H3/t18-/m0/s1. The second-order valence-electron chi connectivity index (χ2n) is 7.54. The van der Waals surface area contributed by atoms with Crippen LogP contribution in [0.1, 0.15) is 49.8 Å². The SMILES string of the molecule is CCc1ccc(N2C[C@@H](C(=O)Oc3cc(C)ccc3C(C)C)CC2=O)cc1. The molecule has 4 nitrogen and oxygen atoms in total. The fourth-order valence-electron chi connectivity index (χ4n) is 3.43. The Balaban J connectivity index is 1.73. The summed E-state index contributed by atoms with van der Waals surface area (Å²) in [6.45, 7) is 8.58. The van der Waals surface area contributed by atoms with Crippen molar-refractivity contribution in [2.45, 2.75) is 46.5 Å². The molecule has 27 heavy (non-hydrogen) atoms. The van der Waals surface area contributed by atoms with E-state index in [4.69, 9.17) is 4.74 Å². The molecule has 2 aromatic carbocycles. The van der Waals surface area contributed by atoms with Crippen LogP contribution in [0.2, 0.25) is 0 Å². The number of anilines is 1. The molecule has 0 N–H and O–H groups in total. The molecule has 1 heterocycles. The van der Waals surface area contributed by atoms with Crippen LogP contribution in [0.3, 0.4) is 0 Å². The quantitative estimate of drug-likeness (QED) is 0.573. The van der Waals surface area contributed by atoms with Crippen molar-refractivity contribution in [2.24, 2.45) is 5.92 Å². The van der Waals surface area contributed by atoms with Crippen molar-refractivity contribution in [1.29, 1.82) is 0 Å². The fraction of sp³-hybridized carbons (Fsp3) is 0.391. The third-order valence-electron chi connectivity index (χ3n) is 5.12. The van der Waals surface area contributed by atoms with Gasteiger partial charge in [-0.05, 0) is 54.2 Å². The lowest BCUT2D eigenvalue weighted by Gasteiger charge is -2.18. The first-order chi connectivity index (χ1) is 12.9. The van der Waals surface area contributed by atoms with Gasteiger partial charge in [-0.25, -0.2) is 0 Å². The number of benzene rings is 2. The van der Waals surface area contributed by atoms with Gasteiger partial charge in [0.05, 0.1) is 5.92 Å². The summed E-state index contributed by atoms with van der Waals surface area (Å²) in [6, 6.07) is 13.9. The molecular formula is C23H27NO3. The lowest BCUT2D eigenvalue weighted by atomic mass is 10.0. The van der Waals surface area contributed by atoms with E-state index in [1.165, 1.54) is 5.56 Å². The lowest BCUT2D eigenvalue weighted by molar-refractivity contribution is -0.139. The molecule has 0 aromatic heterocycles. The minimum Gasteiger partial charge on any atom is -0.426 e. The zero-order valence-electron chi connectivity index (χ0n) is 16.5. The Labute approximate surface area is 161 Å². The van der Waals surface area contributed by atoms with E-state index in [0.717, 1.165) is 23.2 Å². The van der Waals surface area contributed by atoms with Crippen molar-refractivity contribution >= 4 is 17.6 Å². The van der Waals surface area contributed by atoms with E-state index in [9.17, 15) is 9.59 Å². The van der Waals surface area contributed by atoms with Gasteiger partial charge in [-0.2, -0.15) is 0 Å². The number of ether oxygens (including phenoxy) is 1. The summed E-state index contributed by atoms with van der Waals surface area (Å²) in [5.41, 5.74) is 4.11. The van der Waals surface area contributed by atoms with Crippen LogP contribution in [-0.2, 0) is 16.0 Å². The van der Waals surface area contributed by atoms with Crippen molar-refractivity contribution in [3.05, 3.63) is 59.2 Å². The molecule has 1 saturated heterocycles. The van der Waals surface area contributed by atoms with Crippen LogP contribution in [0.15, 0.2) is 42.5 Å². The van der Waals surface area contributed by atoms with Crippen LogP contribution in [-0.4, -0.2) is 18.4 Å². The first-order valence-electron chi connectivity index (χ1n) is 9.60. The summed E-state index contributed by atoms with van der Waals surface area (Å²) in [6.07, 6.45) is 1.15. The van der Waals surface area contributed by atoms with Crippen LogP contribution < -0.4 is 9.64 Å². The number of amides is 1. The molecule has 1 atom stereocenters. The normalized spacial score (nSPS) is 16.9. The number of hydrogen-bond donors (Lipinski definition) is 0. The van der Waals surface area contributed by atoms with Gasteiger partial charge >= 0.3 is 5.97 Å². The summed E-state index contributed by atoms with van der Waals surface area (Å²) in [7, 11) is 0. The molecule has 4 heteroatoms. The van der Waals surface area contributed by atoms with Gasteiger partial charge in [0.2, 0.25) is 5.91 Å². The van der Waals surface area contributed by atoms with E-state index in [1.807, 2.05) is 49.4 Å². The Morgan fingerprint density at radius 1 is 1.19 bits per heavy atom. The van der Waals surface area contributed by atoms with E-state index < -0.39 is 5.92 Å². The van der Waals surface area contributed by atoms with Crippen molar-refractivity contribution < 1.29 is 14.3 Å². The first-order valence-corrected chi connectivity index (χ1v) is 9.60. The van der Waals surface area contributed by atoms with Gasteiger partial charge in [-0.1, -0.05) is 45.0 Å². The maximum Gasteiger partial charge on any atom is 0.316 e. The van der Waals surface area contributed by atoms with Crippen molar-refractivity contribution in [1.82, 2.24) is 0 Å². The van der Waals surface area contributed by atoms with E-state index in [2.05, 4.69) is 20.8 Å². The molecule has 0 radical (unpaired) electrons. The average molecular weight is 365 g/mol. The number of carbonyl (C=O) groups is 2. The molecule has 1 aliphatic rings. The van der Waals surface area contributed by atoms with Crippen LogP contribution in [0.4, 0.5) is 5.69 Å². The molecule has 3 rings (SSSR count). The van der Waals surface area contributed by atoms with Crippen LogP contribution in [0, 0.1) is 12.8 Å². The molecule has 0 aliphatic carbocycles. The third kappa shape index (κ3) is 4.21. The van der Waals surface area contributed by atoms with Gasteiger partial charge in [0.25, 0.3) is 0 Å². The summed E-state index contributed by atoms with van der Waals surface area (Å²) < 4.78 is 5.72. The molecule has 0 bridgehead atoms. The van der Waals surface area contributed by atoms with Crippen molar-refractivity contribution in [3.8, 4) is 5.75 Å². The van der Waals surface area contributed by atoms with E-state index >= 15 is 0 Å². The average Bonchev–Trinajstić information content (AvgIpc) is 3.03. The van der Waals surface area contributed by atoms with Crippen molar-refractivity contribution in [2.75, 3.05) is 11.4 Å². The first kappa shape index (κ1) is 19.2. The van der Waals surface area contributed by atoms with Gasteiger partial charge < -0.3 is 9.64 Å². The molecule has 1 aliphatic heterocycles. The molecule has 1 fully saturated rings. The Bertz CT molecular complexity index is 839. The zero-order valence-corrected chi connectivity index (χ0v) is 16.5. The second-order valence-corrected chi connectivity index (χ2v) is 7.54. The Morgan fingerprint density at radius 3 is 2.52 bits per heavy atom. The number of aryl methyl sites for hydroxylation is 2. The monoisotopic (exact) mass is 365 g/mol. The summed E-state index contributed by atoms with van der Waals surface area (Å²) in [5, 5.41) is 0. The minimum absolute atomic E-state index is 0.0328. The maximum atomic E-state index is 12.7. The maximum absolute atomic E-state index is 12.7. The molecular weight excluding hydrogens is 338 g/mol. The van der Waals surface area contributed by atoms with Gasteiger partial charge in [0.15, 0.2) is 0 Å². The molecule has 1 amide bonds. The van der Waals surface area contributed by atoms with Gasteiger partial charge in [-0.15, -0.1) is 0 Å². The number of nitrogens with zero attached hydrogens (tertiary/aromatic N) is 1. The highest BCUT2D eigenvalue weighted by molar-refractivity contribution is 5.99. The van der Waals surface area contributed by atoms with Gasteiger partial charge in [0.1, 0.15) is 5.75 Å². The smallest absolute Gasteiger partial charge is 0.316 e. The Morgan fingerprint density at radius 2 is 1.89 bits per heavy atom. The molecule has 0 spiro atoms. The highest BCUT2D eigenvalue weighted by Gasteiger charge is 2.36. The third-order valence-corrected chi connectivity index (χ3v) is 5.12. The summed E-state index contributed by atoms with van der Waals surface area (Å²) >= 11 is 0. The number of esters is 1. The molecule has 2 aromatic rings. The number of carbonyl (C=O) groups excluding carboxylic acids is 2. The topological polar surface area (TPSA) is 46.6 Å². The van der Waals surface area contributed by atoms with Gasteiger partial charge in [0, 0.05) is 18.7 Å². The van der Waals surface area contributed by atoms with Crippen LogP contribution in [0.5, 0.6) is 5.75 Å². The number of hydrogen-bond acceptors (Lipinski definition) is 3. The zero-order chi connectivity index (χ0) is 19.6. The molecule has 142 valence electrons. The summed E-state index contributed by atoms with van der Waals surface area (Å²) in [4.78, 5) is 26.9. The number of rotatable bonds is 5. The van der Waals surface area contributed by atoms with E-state index in [1.54, 1.807) is 4.90 Å². The lowest BCUT2D eigenvalue weighted by Crippen LogP contribution is -2.27. The Hall–Kier alpha value is -2.62. The predicted molar refractivity (Wildman–Crippen MR) is 107 cm³/mol. The largest absolute Gasteiger partial charge is 0.426 e. The summed E-state index contributed by atoms with van der Waals surface area (Å²) in [5.74, 6) is 0.0577. The second kappa shape index (κ2) is 7.95. The van der Waals surface area contributed by atoms with Crippen LogP contribution in [0.25, 0.3) is 0 Å². The molecule has 0 saturated carbocycles. The van der Waals surface area contributed by atoms with Gasteiger partial charge in [-0.3, -0.25) is 9.59 Å². The highest BCUT2D eigenvalue weighted by Crippen LogP contribution is 2.30. The predicted octanol–water partition coefficient (Wildman–Crippen LogP) is 4.64. The fourth-order valence-corrected chi connectivity index (χ4v) is 3.43. The Kier molecular flexibility index (Phi) is 5.64. The van der Waals surface area contributed by atoms with Crippen molar-refractivity contribution in [3.63, 3.8) is 0 Å². The van der Waals surface area contributed by atoms with E-state index in [0.29, 0.717) is 12.3 Å². The van der Waals surface area contributed by atoms with E-state index in [-0.39, 0.29) is 24.2 Å².